The number of fused-ring (bicyclic) bond motifs is 6. The third-order valence-corrected chi connectivity index (χ3v) is 9.05. The van der Waals surface area contributed by atoms with Crippen LogP contribution < -0.4 is 10.1 Å². The Labute approximate surface area is 251 Å². The molecular weight excluding hydrogens is 536 g/mol. The quantitative estimate of drug-likeness (QED) is 0.249. The minimum Gasteiger partial charge on any atom is -0.494 e. The number of hydrogen-bond acceptors (Lipinski definition) is 5. The summed E-state index contributed by atoms with van der Waals surface area (Å²) in [4.78, 5) is 46.2. The average molecular weight is 569 g/mol. The molecule has 0 aromatic heterocycles. The van der Waals surface area contributed by atoms with Gasteiger partial charge in [-0.1, -0.05) is 91.3 Å². The van der Waals surface area contributed by atoms with Crippen LogP contribution in [0.5, 0.6) is 5.75 Å². The molecule has 0 radical (unpaired) electrons. The smallest absolute Gasteiger partial charge is 0.238 e. The predicted molar refractivity (Wildman–Crippen MR) is 166 cm³/mol. The van der Waals surface area contributed by atoms with E-state index in [0.717, 1.165) is 28.7 Å². The van der Waals surface area contributed by atoms with Crippen LogP contribution in [-0.4, -0.2) is 35.0 Å². The van der Waals surface area contributed by atoms with Crippen LogP contribution >= 0.6 is 0 Å². The van der Waals surface area contributed by atoms with E-state index in [1.165, 1.54) is 0 Å². The monoisotopic (exact) mass is 568 g/mol. The van der Waals surface area contributed by atoms with E-state index in [-0.39, 0.29) is 17.5 Å². The summed E-state index contributed by atoms with van der Waals surface area (Å²) < 4.78 is 5.88. The van der Waals surface area contributed by atoms with Gasteiger partial charge in [0.05, 0.1) is 18.6 Å². The molecule has 1 amide bonds. The molecule has 0 unspecified atom stereocenters. The lowest BCUT2D eigenvalue weighted by molar-refractivity contribution is -0.122. The van der Waals surface area contributed by atoms with E-state index in [4.69, 9.17) is 4.74 Å². The number of carbonyl (C=O) groups excluding carboxylic acids is 3. The molecule has 1 saturated heterocycles. The number of nitrogens with zero attached hydrogens (tertiary/aromatic N) is 1. The Morgan fingerprint density at radius 2 is 1.65 bits per heavy atom. The highest BCUT2D eigenvalue weighted by atomic mass is 16.5. The number of Topliss-reactive ketones (excluding diaryl/α,β-unsaturated/α-hetero) is 2. The Kier molecular flexibility index (Phi) is 6.50. The number of anilines is 1. The lowest BCUT2D eigenvalue weighted by Gasteiger charge is -2.38. The first-order valence-electron chi connectivity index (χ1n) is 14.8. The van der Waals surface area contributed by atoms with Gasteiger partial charge >= 0.3 is 0 Å². The molecule has 6 heteroatoms. The van der Waals surface area contributed by atoms with Gasteiger partial charge in [0.2, 0.25) is 5.91 Å². The van der Waals surface area contributed by atoms with Crippen LogP contribution in [0.1, 0.15) is 62.4 Å². The molecule has 1 N–H and O–H groups in total. The van der Waals surface area contributed by atoms with Gasteiger partial charge in [-0.05, 0) is 54.3 Å². The van der Waals surface area contributed by atoms with Crippen molar-refractivity contribution < 1.29 is 19.1 Å². The highest BCUT2D eigenvalue weighted by molar-refractivity contribution is 6.16. The van der Waals surface area contributed by atoms with Gasteiger partial charge in [0.1, 0.15) is 17.2 Å². The highest BCUT2D eigenvalue weighted by Crippen LogP contribution is 2.62. The molecule has 1 spiro atoms. The number of aryl methyl sites for hydroxylation is 1. The Morgan fingerprint density at radius 3 is 2.47 bits per heavy atom. The molecule has 3 aliphatic heterocycles. The number of ether oxygens (including phenoxy) is 1. The van der Waals surface area contributed by atoms with Crippen LogP contribution in [0.3, 0.4) is 0 Å². The molecule has 6 nitrogen and oxygen atoms in total. The molecular formula is C37H32N2O4. The number of amides is 1. The first-order chi connectivity index (χ1) is 20.9. The summed E-state index contributed by atoms with van der Waals surface area (Å²) in [6, 6.07) is 28.5. The van der Waals surface area contributed by atoms with Crippen molar-refractivity contribution in [3.8, 4) is 5.75 Å². The van der Waals surface area contributed by atoms with E-state index < -0.39 is 23.4 Å². The van der Waals surface area contributed by atoms with Crippen LogP contribution in [-0.2, 0) is 10.2 Å². The Balaban J connectivity index is 1.49. The molecule has 43 heavy (non-hydrogen) atoms. The second-order valence-electron chi connectivity index (χ2n) is 11.6. The minimum absolute atomic E-state index is 0.195. The van der Waals surface area contributed by atoms with Gasteiger partial charge in [-0.25, -0.2) is 0 Å². The predicted octanol–water partition coefficient (Wildman–Crippen LogP) is 6.77. The fraction of sp³-hybridized carbons (Fsp3) is 0.216. The summed E-state index contributed by atoms with van der Waals surface area (Å²) >= 11 is 0. The van der Waals surface area contributed by atoms with Crippen molar-refractivity contribution in [2.75, 3.05) is 11.9 Å². The number of benzene rings is 4. The van der Waals surface area contributed by atoms with E-state index in [1.807, 2.05) is 110 Å². The van der Waals surface area contributed by atoms with E-state index >= 15 is 4.79 Å². The summed E-state index contributed by atoms with van der Waals surface area (Å²) in [6.45, 7) is 4.52. The largest absolute Gasteiger partial charge is 0.494 e. The first-order valence-corrected chi connectivity index (χ1v) is 14.8. The topological polar surface area (TPSA) is 75.7 Å². The van der Waals surface area contributed by atoms with Gasteiger partial charge in [0.15, 0.2) is 11.6 Å². The number of ketones is 2. The average Bonchev–Trinajstić information content (AvgIpc) is 3.52. The van der Waals surface area contributed by atoms with E-state index in [1.54, 1.807) is 18.2 Å². The molecule has 3 aliphatic rings. The van der Waals surface area contributed by atoms with Gasteiger partial charge in [-0.3, -0.25) is 14.4 Å². The Hall–Kier alpha value is -4.97. The standard InChI is InChI=1S/C37H32N2O4/c1-3-21-43-27-11-8-10-26(22-27)33(40)31-32(34(41)25-17-15-23(2)16-18-25)39-20-19-24-9-4-5-12-28(24)35(39)37(31)29-13-6-7-14-30(29)38-36(37)42/h4-20,22,31-32,35H,3,21H2,1-2H3,(H,38,42)/t31-,32-,35+,37+/m0/s1. The maximum Gasteiger partial charge on any atom is 0.238 e. The van der Waals surface area contributed by atoms with Crippen LogP contribution in [0.15, 0.2) is 103 Å². The molecule has 1 fully saturated rings. The van der Waals surface area contributed by atoms with E-state index in [0.29, 0.717) is 29.2 Å². The van der Waals surface area contributed by atoms with Crippen LogP contribution in [0, 0.1) is 12.8 Å². The summed E-state index contributed by atoms with van der Waals surface area (Å²) in [5.41, 5.74) is 3.86. The molecule has 7 rings (SSSR count). The molecule has 0 saturated carbocycles. The third kappa shape index (κ3) is 4.04. The molecule has 4 atom stereocenters. The summed E-state index contributed by atoms with van der Waals surface area (Å²) in [5.74, 6) is -1.17. The van der Waals surface area contributed by atoms with Crippen molar-refractivity contribution in [2.45, 2.75) is 37.8 Å². The van der Waals surface area contributed by atoms with Crippen LogP contribution in [0.25, 0.3) is 6.08 Å². The normalized spacial score (nSPS) is 23.0. The van der Waals surface area contributed by atoms with Gasteiger partial charge in [-0.2, -0.15) is 0 Å². The number of rotatable bonds is 7. The molecule has 3 heterocycles. The first kappa shape index (κ1) is 26.9. The van der Waals surface area contributed by atoms with Gasteiger partial charge in [-0.15, -0.1) is 0 Å². The summed E-state index contributed by atoms with van der Waals surface area (Å²) in [7, 11) is 0. The van der Waals surface area contributed by atoms with Crippen molar-refractivity contribution >= 4 is 29.2 Å². The van der Waals surface area contributed by atoms with Gasteiger partial charge in [0, 0.05) is 23.0 Å². The van der Waals surface area contributed by atoms with Crippen LogP contribution in [0.2, 0.25) is 0 Å². The maximum absolute atomic E-state index is 15.0. The van der Waals surface area contributed by atoms with Crippen LogP contribution in [0.4, 0.5) is 5.69 Å². The van der Waals surface area contributed by atoms with E-state index in [2.05, 4.69) is 5.32 Å². The zero-order valence-corrected chi connectivity index (χ0v) is 24.1. The SMILES string of the molecule is CCCOc1cccc(C(=O)[C@@H]2[C@@H](C(=O)c3ccc(C)cc3)N3C=Cc4ccccc4[C@@H]3[C@]23C(=O)Nc2ccccc23)c1. The van der Waals surface area contributed by atoms with Crippen molar-refractivity contribution in [1.82, 2.24) is 4.90 Å². The number of nitrogens with one attached hydrogen (secondary N) is 1. The zero-order valence-electron chi connectivity index (χ0n) is 24.1. The maximum atomic E-state index is 15.0. The van der Waals surface area contributed by atoms with Gasteiger partial charge < -0.3 is 15.0 Å². The second-order valence-corrected chi connectivity index (χ2v) is 11.6. The lowest BCUT2D eigenvalue weighted by Crippen LogP contribution is -2.49. The fourth-order valence-electron chi connectivity index (χ4n) is 7.19. The molecule has 4 aromatic rings. The third-order valence-electron chi connectivity index (χ3n) is 9.05. The summed E-state index contributed by atoms with van der Waals surface area (Å²) in [6.07, 6.45) is 4.70. The second kappa shape index (κ2) is 10.4. The van der Waals surface area contributed by atoms with Gasteiger partial charge in [0.25, 0.3) is 0 Å². The van der Waals surface area contributed by atoms with Crippen molar-refractivity contribution in [3.63, 3.8) is 0 Å². The number of hydrogen-bond donors (Lipinski definition) is 1. The molecule has 4 aromatic carbocycles. The fourth-order valence-corrected chi connectivity index (χ4v) is 7.19. The van der Waals surface area contributed by atoms with E-state index in [9.17, 15) is 9.59 Å². The Bertz CT molecular complexity index is 1790. The van der Waals surface area contributed by atoms with Crippen molar-refractivity contribution in [2.24, 2.45) is 5.92 Å². The molecule has 214 valence electrons. The van der Waals surface area contributed by atoms with Crippen molar-refractivity contribution in [3.05, 3.63) is 137 Å². The number of para-hydroxylation sites is 1. The minimum atomic E-state index is -1.36. The number of carbonyl (C=O) groups is 3. The highest BCUT2D eigenvalue weighted by Gasteiger charge is 2.70. The lowest BCUT2D eigenvalue weighted by atomic mass is 9.62. The van der Waals surface area contributed by atoms with Crippen molar-refractivity contribution in [1.29, 1.82) is 0 Å². The zero-order chi connectivity index (χ0) is 29.7. The molecule has 0 aliphatic carbocycles. The Morgan fingerprint density at radius 1 is 0.884 bits per heavy atom. The molecule has 0 bridgehead atoms. The summed E-state index contributed by atoms with van der Waals surface area (Å²) in [5, 5.41) is 3.10.